The maximum Gasteiger partial charge on any atom is 0.259 e. The molecule has 5 rings (SSSR count). The fourth-order valence-electron chi connectivity index (χ4n) is 5.79. The predicted octanol–water partition coefficient (Wildman–Crippen LogP) is 4.09. The lowest BCUT2D eigenvalue weighted by Crippen LogP contribution is -2.62. The third-order valence-electron chi connectivity index (χ3n) is 7.86. The SMILES string of the molecule is N#Cc1ccnc(N2C(=O)C(O)CC2(C(=O)Nc2cccc(F)c2)[C@H](C(=O)NC2CCC(F)(F)CC2)c2ccccc2Cl)n1. The Morgan fingerprint density at radius 1 is 1.14 bits per heavy atom. The first kappa shape index (κ1) is 30.9. The summed E-state index contributed by atoms with van der Waals surface area (Å²) in [6.45, 7) is 0. The Bertz CT molecular complexity index is 1640. The smallest absolute Gasteiger partial charge is 0.259 e. The number of nitrogens with one attached hydrogen (secondary N) is 2. The van der Waals surface area contributed by atoms with Crippen molar-refractivity contribution in [2.75, 3.05) is 10.2 Å². The van der Waals surface area contributed by atoms with Crippen molar-refractivity contribution in [3.63, 3.8) is 0 Å². The molecule has 2 fully saturated rings. The third kappa shape index (κ3) is 5.95. The molecule has 10 nitrogen and oxygen atoms in total. The fraction of sp³-hybridized carbons (Fsp3) is 0.333. The number of aliphatic hydroxyl groups excluding tert-OH is 1. The van der Waals surface area contributed by atoms with Gasteiger partial charge in [-0.25, -0.2) is 23.1 Å². The molecule has 0 radical (unpaired) electrons. The van der Waals surface area contributed by atoms with Gasteiger partial charge in [0, 0.05) is 42.2 Å². The molecule has 1 saturated carbocycles. The summed E-state index contributed by atoms with van der Waals surface area (Å²) < 4.78 is 41.9. The highest BCUT2D eigenvalue weighted by atomic mass is 35.5. The summed E-state index contributed by atoms with van der Waals surface area (Å²) in [4.78, 5) is 51.4. The minimum Gasteiger partial charge on any atom is -0.383 e. The van der Waals surface area contributed by atoms with Crippen molar-refractivity contribution in [1.29, 1.82) is 5.26 Å². The molecule has 2 aromatic carbocycles. The van der Waals surface area contributed by atoms with Crippen LogP contribution in [0.1, 0.15) is 49.3 Å². The number of aliphatic hydroxyl groups is 1. The number of alkyl halides is 2. The normalized spacial score (nSPS) is 22.2. The number of nitrogens with zero attached hydrogens (tertiary/aromatic N) is 4. The van der Waals surface area contributed by atoms with Gasteiger partial charge in [0.2, 0.25) is 17.8 Å². The molecular weight excluding hydrogens is 601 g/mol. The highest BCUT2D eigenvalue weighted by Crippen LogP contribution is 2.47. The topological polar surface area (TPSA) is 148 Å². The maximum absolute atomic E-state index is 14.5. The van der Waals surface area contributed by atoms with Crippen molar-refractivity contribution >= 4 is 41.0 Å². The number of aromatic nitrogens is 2. The van der Waals surface area contributed by atoms with Gasteiger partial charge in [-0.3, -0.25) is 19.3 Å². The molecule has 3 N–H and O–H groups in total. The Morgan fingerprint density at radius 2 is 1.86 bits per heavy atom. The molecule has 2 aliphatic rings. The van der Waals surface area contributed by atoms with Crippen molar-refractivity contribution in [2.45, 2.75) is 61.6 Å². The average Bonchev–Trinajstić information content (AvgIpc) is 3.25. The first-order valence-electron chi connectivity index (χ1n) is 13.7. The predicted molar refractivity (Wildman–Crippen MR) is 152 cm³/mol. The van der Waals surface area contributed by atoms with Crippen LogP contribution in [-0.4, -0.2) is 56.4 Å². The number of halogens is 4. The summed E-state index contributed by atoms with van der Waals surface area (Å²) in [6, 6.07) is 13.3. The molecule has 14 heteroatoms. The molecule has 0 bridgehead atoms. The lowest BCUT2D eigenvalue weighted by Gasteiger charge is -2.42. The Balaban J connectivity index is 1.70. The minimum atomic E-state index is -2.88. The van der Waals surface area contributed by atoms with Gasteiger partial charge >= 0.3 is 0 Å². The highest BCUT2D eigenvalue weighted by Gasteiger charge is 2.64. The van der Waals surface area contributed by atoms with Crippen LogP contribution in [0.25, 0.3) is 0 Å². The van der Waals surface area contributed by atoms with E-state index in [2.05, 4.69) is 20.6 Å². The Labute approximate surface area is 254 Å². The van der Waals surface area contributed by atoms with E-state index in [9.17, 15) is 37.9 Å². The number of hydrogen-bond acceptors (Lipinski definition) is 7. The number of benzene rings is 2. The van der Waals surface area contributed by atoms with Gasteiger partial charge in [0.25, 0.3) is 11.8 Å². The van der Waals surface area contributed by atoms with Gasteiger partial charge in [-0.2, -0.15) is 5.26 Å². The number of carbonyl (C=O) groups excluding carboxylic acids is 3. The van der Waals surface area contributed by atoms with Gasteiger partial charge in [0.15, 0.2) is 0 Å². The first-order valence-corrected chi connectivity index (χ1v) is 14.1. The molecule has 0 spiro atoms. The average molecular weight is 627 g/mol. The van der Waals surface area contributed by atoms with E-state index in [0.29, 0.717) is 0 Å². The number of carbonyl (C=O) groups is 3. The molecule has 3 amide bonds. The monoisotopic (exact) mass is 626 g/mol. The number of nitriles is 1. The maximum atomic E-state index is 14.5. The summed E-state index contributed by atoms with van der Waals surface area (Å²) in [5.74, 6) is -8.59. The van der Waals surface area contributed by atoms with Crippen LogP contribution >= 0.6 is 11.6 Å². The van der Waals surface area contributed by atoms with Gasteiger partial charge in [-0.15, -0.1) is 0 Å². The number of hydrogen-bond donors (Lipinski definition) is 3. The zero-order valence-electron chi connectivity index (χ0n) is 23.0. The summed E-state index contributed by atoms with van der Waals surface area (Å²) in [6.07, 6.45) is -2.35. The largest absolute Gasteiger partial charge is 0.383 e. The van der Waals surface area contributed by atoms with Crippen LogP contribution in [0.15, 0.2) is 60.8 Å². The minimum absolute atomic E-state index is 0.0253. The van der Waals surface area contributed by atoms with Gasteiger partial charge < -0.3 is 15.7 Å². The number of anilines is 2. The van der Waals surface area contributed by atoms with Crippen LogP contribution in [0.3, 0.4) is 0 Å². The molecule has 3 aromatic rings. The Kier molecular flexibility index (Phi) is 8.58. The molecule has 2 heterocycles. The van der Waals surface area contributed by atoms with E-state index in [-0.39, 0.29) is 34.8 Å². The standard InChI is InChI=1S/C30H26ClF3N6O4/c31-22-7-2-1-6-21(22)24(25(42)37-18-8-11-29(33,34)12-9-18)30(27(44)38-19-5-3-4-17(32)14-19)15-23(41)26(43)40(30)28-36-13-10-20(16-35)39-28/h1-7,10,13-14,18,23-24,41H,8-9,11-12,15H2,(H,37,42)(H,38,44)/t23?,24-,30?/m0/s1. The quantitative estimate of drug-likeness (QED) is 0.358. The summed E-state index contributed by atoms with van der Waals surface area (Å²) in [5, 5.41) is 25.8. The van der Waals surface area contributed by atoms with Crippen molar-refractivity contribution in [2.24, 2.45) is 0 Å². The second-order valence-corrected chi connectivity index (χ2v) is 11.1. The second-order valence-electron chi connectivity index (χ2n) is 10.7. The second kappa shape index (κ2) is 12.2. The van der Waals surface area contributed by atoms with Gasteiger partial charge in [-0.05, 0) is 48.7 Å². The Morgan fingerprint density at radius 3 is 2.55 bits per heavy atom. The zero-order chi connectivity index (χ0) is 31.6. The van der Waals surface area contributed by atoms with E-state index in [1.807, 2.05) is 6.07 Å². The third-order valence-corrected chi connectivity index (χ3v) is 8.21. The molecular formula is C30H26ClF3N6O4. The molecule has 2 unspecified atom stereocenters. The Hall–Kier alpha value is -4.54. The van der Waals surface area contributed by atoms with Gasteiger partial charge in [0.1, 0.15) is 29.2 Å². The van der Waals surface area contributed by atoms with Crippen LogP contribution in [0.2, 0.25) is 5.02 Å². The van der Waals surface area contributed by atoms with Crippen LogP contribution in [0, 0.1) is 17.1 Å². The molecule has 1 aromatic heterocycles. The van der Waals surface area contributed by atoms with Crippen LogP contribution < -0.4 is 15.5 Å². The van der Waals surface area contributed by atoms with Crippen molar-refractivity contribution in [1.82, 2.24) is 15.3 Å². The van der Waals surface area contributed by atoms with Crippen molar-refractivity contribution in [3.8, 4) is 6.07 Å². The van der Waals surface area contributed by atoms with E-state index in [4.69, 9.17) is 11.6 Å². The summed E-state index contributed by atoms with van der Waals surface area (Å²) in [7, 11) is 0. The van der Waals surface area contributed by atoms with E-state index in [1.54, 1.807) is 12.1 Å². The summed E-state index contributed by atoms with van der Waals surface area (Å²) in [5.41, 5.74) is -2.47. The lowest BCUT2D eigenvalue weighted by atomic mass is 9.74. The molecule has 44 heavy (non-hydrogen) atoms. The van der Waals surface area contributed by atoms with E-state index < -0.39 is 78.3 Å². The number of amides is 3. The molecule has 228 valence electrons. The first-order chi connectivity index (χ1) is 20.9. The highest BCUT2D eigenvalue weighted by molar-refractivity contribution is 6.32. The van der Waals surface area contributed by atoms with Crippen molar-refractivity contribution < 1.29 is 32.7 Å². The number of rotatable bonds is 7. The van der Waals surface area contributed by atoms with Crippen LogP contribution in [0.4, 0.5) is 24.8 Å². The van der Waals surface area contributed by atoms with E-state index in [0.717, 1.165) is 17.0 Å². The van der Waals surface area contributed by atoms with E-state index in [1.165, 1.54) is 36.5 Å². The van der Waals surface area contributed by atoms with Crippen molar-refractivity contribution in [3.05, 3.63) is 82.9 Å². The van der Waals surface area contributed by atoms with Crippen LogP contribution in [0.5, 0.6) is 0 Å². The van der Waals surface area contributed by atoms with Gasteiger partial charge in [-0.1, -0.05) is 35.9 Å². The van der Waals surface area contributed by atoms with E-state index >= 15 is 0 Å². The fourth-order valence-corrected chi connectivity index (χ4v) is 6.03. The van der Waals surface area contributed by atoms with Crippen LogP contribution in [-0.2, 0) is 14.4 Å². The molecule has 3 atom stereocenters. The van der Waals surface area contributed by atoms with Gasteiger partial charge in [0.05, 0.1) is 5.92 Å². The lowest BCUT2D eigenvalue weighted by molar-refractivity contribution is -0.132. The molecule has 1 saturated heterocycles. The molecule has 1 aliphatic carbocycles. The summed E-state index contributed by atoms with van der Waals surface area (Å²) >= 11 is 6.58. The molecule has 1 aliphatic heterocycles. The zero-order valence-corrected chi connectivity index (χ0v) is 23.8.